The van der Waals surface area contributed by atoms with Crippen molar-refractivity contribution in [2.45, 2.75) is 38.2 Å². The van der Waals surface area contributed by atoms with Crippen molar-refractivity contribution >= 4 is 23.5 Å². The Morgan fingerprint density at radius 3 is 2.71 bits per heavy atom. The second-order valence-electron chi connectivity index (χ2n) is 5.48. The molecule has 0 spiro atoms. The van der Waals surface area contributed by atoms with Crippen LogP contribution < -0.4 is 15.9 Å². The summed E-state index contributed by atoms with van der Waals surface area (Å²) in [6.45, 7) is 1.51. The van der Waals surface area contributed by atoms with E-state index in [1.165, 1.54) is 12.1 Å². The lowest BCUT2D eigenvalue weighted by molar-refractivity contribution is -0.274. The summed E-state index contributed by atoms with van der Waals surface area (Å²) in [7, 11) is 0. The van der Waals surface area contributed by atoms with E-state index < -0.39 is 6.36 Å². The average molecular weight is 360 g/mol. The number of nitrogens with one attached hydrogen (secondary N) is 1. The molecule has 1 aromatic carbocycles. The lowest BCUT2D eigenvalue weighted by atomic mass is 10.0. The van der Waals surface area contributed by atoms with E-state index in [0.717, 1.165) is 31.4 Å². The van der Waals surface area contributed by atoms with Crippen LogP contribution in [0.25, 0.3) is 0 Å². The Bertz CT molecular complexity index is 577. The van der Waals surface area contributed by atoms with Crippen LogP contribution >= 0.6 is 12.2 Å². The van der Waals surface area contributed by atoms with Gasteiger partial charge in [0.25, 0.3) is 0 Å². The van der Waals surface area contributed by atoms with Crippen LogP contribution in [0, 0.1) is 0 Å². The zero-order chi connectivity index (χ0) is 17.6. The van der Waals surface area contributed by atoms with Gasteiger partial charge in [0.2, 0.25) is 0 Å². The Kier molecular flexibility index (Phi) is 6.38. The van der Waals surface area contributed by atoms with E-state index in [0.29, 0.717) is 6.54 Å². The Hall–Kier alpha value is -1.87. The normalized spacial score (nSPS) is 19.4. The lowest BCUT2D eigenvalue weighted by Gasteiger charge is -2.33. The van der Waals surface area contributed by atoms with Crippen LogP contribution in [0.15, 0.2) is 29.4 Å². The van der Waals surface area contributed by atoms with Crippen LogP contribution in [0.4, 0.5) is 13.2 Å². The van der Waals surface area contributed by atoms with Crippen LogP contribution in [0.1, 0.15) is 24.8 Å². The number of nitrogens with two attached hydrogens (primary N) is 1. The molecule has 1 saturated heterocycles. The summed E-state index contributed by atoms with van der Waals surface area (Å²) in [6.07, 6.45) is 0.213. The molecule has 1 unspecified atom stereocenters. The number of alkyl halides is 3. The van der Waals surface area contributed by atoms with Crippen molar-refractivity contribution in [1.82, 2.24) is 10.3 Å². The highest BCUT2D eigenvalue weighted by molar-refractivity contribution is 7.80. The van der Waals surface area contributed by atoms with E-state index in [4.69, 9.17) is 18.0 Å². The molecule has 5 nitrogen and oxygen atoms in total. The number of halogens is 3. The number of hydrazone groups is 1. The largest absolute Gasteiger partial charge is 0.573 e. The molecule has 9 heteroatoms. The van der Waals surface area contributed by atoms with E-state index in [1.54, 1.807) is 18.3 Å². The summed E-state index contributed by atoms with van der Waals surface area (Å²) in [5, 5.41) is 4.12. The average Bonchev–Trinajstić information content (AvgIpc) is 2.49. The summed E-state index contributed by atoms with van der Waals surface area (Å²) in [5.74, 6) is -0.219. The fourth-order valence-corrected chi connectivity index (χ4v) is 2.65. The fraction of sp³-hybridized carbons (Fsp3) is 0.467. The predicted octanol–water partition coefficient (Wildman–Crippen LogP) is 2.76. The molecule has 3 N–H and O–H groups in total. The minimum atomic E-state index is -4.67. The Labute approximate surface area is 143 Å². The molecule has 24 heavy (non-hydrogen) atoms. The first-order valence-electron chi connectivity index (χ1n) is 7.51. The monoisotopic (exact) mass is 360 g/mol. The number of benzene rings is 1. The third-order valence-electron chi connectivity index (χ3n) is 3.63. The number of thiocarbonyl (C=S) groups is 1. The quantitative estimate of drug-likeness (QED) is 0.480. The molecule has 1 atom stereocenters. The first kappa shape index (κ1) is 18.5. The number of nitrogens with zero attached hydrogens (tertiary/aromatic N) is 2. The maximum Gasteiger partial charge on any atom is 0.573 e. The minimum absolute atomic E-state index is 0.105. The van der Waals surface area contributed by atoms with Gasteiger partial charge in [0.1, 0.15) is 5.75 Å². The van der Waals surface area contributed by atoms with E-state index in [-0.39, 0.29) is 16.9 Å². The van der Waals surface area contributed by atoms with Crippen molar-refractivity contribution in [3.8, 4) is 5.75 Å². The van der Waals surface area contributed by atoms with Crippen LogP contribution in [-0.4, -0.2) is 35.2 Å². The molecule has 0 aromatic heterocycles. The second kappa shape index (κ2) is 8.29. The standard InChI is InChI=1S/C15H19F3N4OS/c16-15(17,18)23-13-6-4-11(5-7-13)10-22-8-2-1-3-12(22)9-20-21-14(19)24/h4-7,9,12H,1-3,8,10H2,(H3,19,21,24)/b20-9+. The highest BCUT2D eigenvalue weighted by Crippen LogP contribution is 2.24. The number of ether oxygens (including phenoxy) is 1. The third-order valence-corrected chi connectivity index (χ3v) is 3.72. The van der Waals surface area contributed by atoms with Gasteiger partial charge in [0.05, 0.1) is 0 Å². The summed E-state index contributed by atoms with van der Waals surface area (Å²) < 4.78 is 40.4. The Balaban J connectivity index is 1.96. The van der Waals surface area contributed by atoms with Crippen molar-refractivity contribution in [3.05, 3.63) is 29.8 Å². The van der Waals surface area contributed by atoms with Crippen LogP contribution in [-0.2, 0) is 6.54 Å². The van der Waals surface area contributed by atoms with Crippen LogP contribution in [0.3, 0.4) is 0 Å². The molecular weight excluding hydrogens is 341 g/mol. The maximum atomic E-state index is 12.2. The molecule has 132 valence electrons. The summed E-state index contributed by atoms with van der Waals surface area (Å²) in [6, 6.07) is 6.05. The topological polar surface area (TPSA) is 62.9 Å². The van der Waals surface area contributed by atoms with E-state index in [2.05, 4.69) is 20.2 Å². The SMILES string of the molecule is NC(=S)N/N=C/C1CCCCN1Cc1ccc(OC(F)(F)F)cc1. The Morgan fingerprint density at radius 2 is 2.08 bits per heavy atom. The fourth-order valence-electron chi connectivity index (χ4n) is 2.60. The van der Waals surface area contributed by atoms with Gasteiger partial charge >= 0.3 is 6.36 Å². The van der Waals surface area contributed by atoms with Crippen LogP contribution in [0.2, 0.25) is 0 Å². The molecule has 1 fully saturated rings. The molecule has 0 bridgehead atoms. The molecule has 1 heterocycles. The number of rotatable bonds is 5. The molecule has 0 saturated carbocycles. The van der Waals surface area contributed by atoms with Crippen molar-refractivity contribution in [3.63, 3.8) is 0 Å². The second-order valence-corrected chi connectivity index (χ2v) is 5.92. The summed E-state index contributed by atoms with van der Waals surface area (Å²) in [4.78, 5) is 2.22. The highest BCUT2D eigenvalue weighted by atomic mass is 32.1. The molecule has 2 rings (SSSR count). The van der Waals surface area contributed by atoms with Gasteiger partial charge in [-0.3, -0.25) is 10.3 Å². The zero-order valence-corrected chi connectivity index (χ0v) is 13.7. The molecule has 0 radical (unpaired) electrons. The van der Waals surface area contributed by atoms with Crippen molar-refractivity contribution in [1.29, 1.82) is 0 Å². The minimum Gasteiger partial charge on any atom is -0.406 e. The van der Waals surface area contributed by atoms with E-state index in [1.807, 2.05) is 0 Å². The smallest absolute Gasteiger partial charge is 0.406 e. The van der Waals surface area contributed by atoms with Crippen molar-refractivity contribution in [2.24, 2.45) is 10.8 Å². The van der Waals surface area contributed by atoms with Crippen molar-refractivity contribution in [2.75, 3.05) is 6.54 Å². The van der Waals surface area contributed by atoms with Gasteiger partial charge in [-0.25, -0.2) is 0 Å². The highest BCUT2D eigenvalue weighted by Gasteiger charge is 2.31. The summed E-state index contributed by atoms with van der Waals surface area (Å²) in [5.41, 5.74) is 8.77. The van der Waals surface area contributed by atoms with Crippen LogP contribution in [0.5, 0.6) is 5.75 Å². The number of hydrogen-bond donors (Lipinski definition) is 2. The number of likely N-dealkylation sites (tertiary alicyclic amines) is 1. The lowest BCUT2D eigenvalue weighted by Crippen LogP contribution is -2.40. The molecule has 0 aliphatic carbocycles. The predicted molar refractivity (Wildman–Crippen MR) is 89.6 cm³/mol. The number of hydrogen-bond acceptors (Lipinski definition) is 4. The number of piperidine rings is 1. The molecule has 0 amide bonds. The molecular formula is C15H19F3N4OS. The van der Waals surface area contributed by atoms with Gasteiger partial charge in [-0.1, -0.05) is 18.6 Å². The first-order chi connectivity index (χ1) is 11.3. The molecule has 1 aliphatic heterocycles. The maximum absolute atomic E-state index is 12.2. The molecule has 1 aliphatic rings. The van der Waals surface area contributed by atoms with Gasteiger partial charge in [-0.05, 0) is 49.3 Å². The van der Waals surface area contributed by atoms with Gasteiger partial charge in [-0.2, -0.15) is 5.10 Å². The molecule has 1 aromatic rings. The zero-order valence-electron chi connectivity index (χ0n) is 12.9. The van der Waals surface area contributed by atoms with Gasteiger partial charge in [0.15, 0.2) is 5.11 Å². The first-order valence-corrected chi connectivity index (χ1v) is 7.92. The van der Waals surface area contributed by atoms with E-state index in [9.17, 15) is 13.2 Å². The Morgan fingerprint density at radius 1 is 1.38 bits per heavy atom. The van der Waals surface area contributed by atoms with Crippen molar-refractivity contribution < 1.29 is 17.9 Å². The van der Waals surface area contributed by atoms with E-state index >= 15 is 0 Å². The van der Waals surface area contributed by atoms with Gasteiger partial charge in [0, 0.05) is 18.8 Å². The van der Waals surface area contributed by atoms with Gasteiger partial charge in [-0.15, -0.1) is 13.2 Å². The third kappa shape index (κ3) is 6.32. The van der Waals surface area contributed by atoms with Gasteiger partial charge < -0.3 is 10.5 Å². The summed E-state index contributed by atoms with van der Waals surface area (Å²) >= 11 is 4.69.